The number of carbonyl (C=O) groups is 3. The molecule has 26 heavy (non-hydrogen) atoms. The monoisotopic (exact) mass is 439 g/mol. The van der Waals surface area contributed by atoms with Crippen LogP contribution in [0.15, 0.2) is 0 Å². The van der Waals surface area contributed by atoms with Crippen molar-refractivity contribution in [3.8, 4) is 0 Å². The molecule has 0 aromatic rings. The molecule has 1 aliphatic heterocycles. The molecule has 0 aromatic heterocycles. The summed E-state index contributed by atoms with van der Waals surface area (Å²) in [5, 5.41) is 12.1. The molecule has 0 saturated carbocycles. The largest absolute Gasteiger partial charge is 0.463 e. The molecular weight excluding hydrogens is 423 g/mol. The first kappa shape index (κ1) is 23.0. The number of carbonyl (C=O) groups excluding carboxylic acids is 3. The van der Waals surface area contributed by atoms with Gasteiger partial charge in [-0.25, -0.2) is 9.18 Å². The minimum absolute atomic E-state index is 0.532. The molecule has 0 bridgehead atoms. The fourth-order valence-electron chi connectivity index (χ4n) is 2.05. The van der Waals surface area contributed by atoms with E-state index in [1.807, 2.05) is 0 Å². The number of alkyl halides is 4. The van der Waals surface area contributed by atoms with Crippen molar-refractivity contribution in [2.24, 2.45) is 0 Å². The van der Waals surface area contributed by atoms with Crippen LogP contribution in [-0.4, -0.2) is 70.9 Å². The van der Waals surface area contributed by atoms with Gasteiger partial charge in [-0.3, -0.25) is 9.59 Å². The summed E-state index contributed by atoms with van der Waals surface area (Å²) in [4.78, 5) is 33.8. The summed E-state index contributed by atoms with van der Waals surface area (Å²) in [5.41, 5.74) is 0. The number of alkyl carbamates (subject to hydrolysis) is 1. The van der Waals surface area contributed by atoms with E-state index in [-0.39, 0.29) is 0 Å². The number of nitrogens with one attached hydrogen (secondary N) is 1. The summed E-state index contributed by atoms with van der Waals surface area (Å²) in [6.07, 6.45) is -8.07. The fourth-order valence-corrected chi connectivity index (χ4v) is 2.21. The van der Waals surface area contributed by atoms with Crippen LogP contribution in [0.1, 0.15) is 13.8 Å². The summed E-state index contributed by atoms with van der Waals surface area (Å²) in [6.45, 7) is 0.949. The van der Waals surface area contributed by atoms with Gasteiger partial charge in [0.05, 0.1) is 0 Å². The lowest BCUT2D eigenvalue weighted by Crippen LogP contribution is -2.64. The molecule has 0 aliphatic carbocycles. The van der Waals surface area contributed by atoms with Gasteiger partial charge in [0.15, 0.2) is 18.6 Å². The first-order chi connectivity index (χ1) is 11.9. The third-order valence-corrected chi connectivity index (χ3v) is 3.38. The van der Waals surface area contributed by atoms with E-state index in [1.54, 1.807) is 0 Å². The van der Waals surface area contributed by atoms with Crippen molar-refractivity contribution in [1.82, 2.24) is 5.32 Å². The van der Waals surface area contributed by atoms with Crippen molar-refractivity contribution >= 4 is 52.8 Å². The molecule has 2 N–H and O–H groups in total. The predicted molar refractivity (Wildman–Crippen MR) is 86.5 cm³/mol. The minimum atomic E-state index is -2.03. The molecule has 0 unspecified atom stereocenters. The van der Waals surface area contributed by atoms with Crippen LogP contribution in [0.4, 0.5) is 9.18 Å². The van der Waals surface area contributed by atoms with Gasteiger partial charge in [-0.05, 0) is 0 Å². The molecule has 5 atom stereocenters. The number of halogens is 4. The van der Waals surface area contributed by atoms with Crippen LogP contribution in [0.3, 0.4) is 0 Å². The second-order valence-corrected chi connectivity index (χ2v) is 7.76. The van der Waals surface area contributed by atoms with E-state index >= 15 is 0 Å². The predicted octanol–water partition coefficient (Wildman–Crippen LogP) is 1.00. The van der Waals surface area contributed by atoms with Crippen molar-refractivity contribution < 1.29 is 42.8 Å². The quantitative estimate of drug-likeness (QED) is 0.369. The third kappa shape index (κ3) is 7.67. The Morgan fingerprint density at radius 3 is 2.31 bits per heavy atom. The van der Waals surface area contributed by atoms with E-state index in [0.29, 0.717) is 0 Å². The summed E-state index contributed by atoms with van der Waals surface area (Å²) in [7, 11) is 0. The van der Waals surface area contributed by atoms with Crippen molar-refractivity contribution in [1.29, 1.82) is 0 Å². The zero-order valence-corrected chi connectivity index (χ0v) is 15.9. The van der Waals surface area contributed by atoms with Crippen LogP contribution in [0.2, 0.25) is 0 Å². The van der Waals surface area contributed by atoms with E-state index < -0.39 is 65.7 Å². The smallest absolute Gasteiger partial charge is 0.407 e. The molecule has 13 heteroatoms. The summed E-state index contributed by atoms with van der Waals surface area (Å²) in [6, 6.07) is -1.52. The Morgan fingerprint density at radius 1 is 1.19 bits per heavy atom. The molecule has 0 spiro atoms. The molecule has 0 radical (unpaired) electrons. The number of hydrogen-bond donors (Lipinski definition) is 2. The van der Waals surface area contributed by atoms with Crippen LogP contribution < -0.4 is 5.32 Å². The van der Waals surface area contributed by atoms with Crippen LogP contribution in [0.25, 0.3) is 0 Å². The molecule has 1 aliphatic rings. The summed E-state index contributed by atoms with van der Waals surface area (Å²) < 4.78 is 31.8. The molecule has 1 saturated heterocycles. The maximum atomic E-state index is 14.6. The van der Waals surface area contributed by atoms with Crippen LogP contribution >= 0.6 is 34.8 Å². The molecular formula is C13H17Cl3FNO8. The summed E-state index contributed by atoms with van der Waals surface area (Å²) >= 11 is 16.3. The average molecular weight is 441 g/mol. The number of ether oxygens (including phenoxy) is 4. The van der Waals surface area contributed by atoms with Gasteiger partial charge in [-0.15, -0.1) is 0 Å². The number of aliphatic hydroxyl groups is 1. The van der Waals surface area contributed by atoms with E-state index in [1.165, 1.54) is 0 Å². The van der Waals surface area contributed by atoms with Gasteiger partial charge < -0.3 is 29.4 Å². The Bertz CT molecular complexity index is 532. The molecule has 0 aromatic carbocycles. The van der Waals surface area contributed by atoms with Gasteiger partial charge in [-0.1, -0.05) is 34.8 Å². The molecule has 1 rings (SSSR count). The maximum Gasteiger partial charge on any atom is 0.407 e. The molecule has 1 amide bonds. The van der Waals surface area contributed by atoms with Crippen molar-refractivity contribution in [3.05, 3.63) is 0 Å². The normalized spacial score (nSPS) is 28.8. The highest BCUT2D eigenvalue weighted by Gasteiger charge is 2.49. The Labute approximate surface area is 162 Å². The highest BCUT2D eigenvalue weighted by Crippen LogP contribution is 2.27. The minimum Gasteiger partial charge on any atom is -0.463 e. The highest BCUT2D eigenvalue weighted by atomic mass is 35.6. The van der Waals surface area contributed by atoms with Crippen LogP contribution in [-0.2, 0) is 28.5 Å². The number of aliphatic hydroxyl groups excluding tert-OH is 1. The zero-order chi connectivity index (χ0) is 20.1. The molecule has 1 heterocycles. The second-order valence-electron chi connectivity index (χ2n) is 5.25. The average Bonchev–Trinajstić information content (AvgIpc) is 2.49. The zero-order valence-electron chi connectivity index (χ0n) is 13.6. The summed E-state index contributed by atoms with van der Waals surface area (Å²) in [5.74, 6) is -1.57. The van der Waals surface area contributed by atoms with Gasteiger partial charge in [0.2, 0.25) is 3.79 Å². The Hall–Kier alpha value is -1.07. The van der Waals surface area contributed by atoms with Crippen LogP contribution in [0, 0.1) is 0 Å². The van der Waals surface area contributed by atoms with E-state index in [2.05, 4.69) is 14.8 Å². The number of hydrogen-bond acceptors (Lipinski definition) is 8. The lowest BCUT2D eigenvalue weighted by molar-refractivity contribution is -0.246. The first-order valence-corrected chi connectivity index (χ1v) is 8.32. The topological polar surface area (TPSA) is 120 Å². The number of amides is 1. The standard InChI is InChI=1S/C13H17Cl3FNO8/c1-5(19)23-3-7-8(17)10(25-6(2)20)9(11(21)26-7)18-12(22)24-4-13(14,15)16/h7-11,21H,3-4H2,1-2H3,(H,18,22)/t7-,8-,9-,10+,11-/m1/s1. The Kier molecular flexibility index (Phi) is 8.61. The van der Waals surface area contributed by atoms with Gasteiger partial charge in [0.25, 0.3) is 0 Å². The number of rotatable bonds is 5. The highest BCUT2D eigenvalue weighted by molar-refractivity contribution is 6.67. The fraction of sp³-hybridized carbons (Fsp3) is 0.769. The van der Waals surface area contributed by atoms with Gasteiger partial charge in [0.1, 0.15) is 25.4 Å². The molecule has 150 valence electrons. The van der Waals surface area contributed by atoms with Gasteiger partial charge >= 0.3 is 18.0 Å². The lowest BCUT2D eigenvalue weighted by Gasteiger charge is -2.40. The first-order valence-electron chi connectivity index (χ1n) is 7.19. The van der Waals surface area contributed by atoms with E-state index in [0.717, 1.165) is 13.8 Å². The third-order valence-electron chi connectivity index (χ3n) is 3.05. The van der Waals surface area contributed by atoms with Crippen LogP contribution in [0.5, 0.6) is 0 Å². The van der Waals surface area contributed by atoms with E-state index in [4.69, 9.17) is 44.3 Å². The van der Waals surface area contributed by atoms with Crippen molar-refractivity contribution in [2.45, 2.75) is 48.4 Å². The SMILES string of the molecule is CC(=O)OC[C@H]1O[C@@H](O)[C@H](NC(=O)OCC(Cl)(Cl)Cl)[C@@H](OC(C)=O)[C@@H]1F. The number of esters is 2. The van der Waals surface area contributed by atoms with Crippen molar-refractivity contribution in [2.75, 3.05) is 13.2 Å². The molecule has 9 nitrogen and oxygen atoms in total. The second kappa shape index (κ2) is 9.75. The lowest BCUT2D eigenvalue weighted by atomic mass is 9.98. The van der Waals surface area contributed by atoms with Gasteiger partial charge in [0, 0.05) is 13.8 Å². The van der Waals surface area contributed by atoms with Crippen molar-refractivity contribution in [3.63, 3.8) is 0 Å². The Balaban J connectivity index is 2.83. The molecule has 1 fully saturated rings. The Morgan fingerprint density at radius 2 is 1.81 bits per heavy atom. The van der Waals surface area contributed by atoms with E-state index in [9.17, 15) is 23.9 Å². The van der Waals surface area contributed by atoms with Gasteiger partial charge in [-0.2, -0.15) is 0 Å². The maximum absolute atomic E-state index is 14.6.